The Labute approximate surface area is 204 Å². The molecule has 1 nitrogen and oxygen atoms in total. The number of halogens is 1. The summed E-state index contributed by atoms with van der Waals surface area (Å²) in [6.07, 6.45) is 8.03. The van der Waals surface area contributed by atoms with Crippen molar-refractivity contribution in [2.45, 2.75) is 0 Å². The minimum atomic E-state index is 1.09. The van der Waals surface area contributed by atoms with Gasteiger partial charge in [-0.25, -0.2) is 0 Å². The van der Waals surface area contributed by atoms with Gasteiger partial charge in [-0.05, 0) is 48.5 Å². The Bertz CT molecular complexity index is 1750. The van der Waals surface area contributed by atoms with Crippen molar-refractivity contribution >= 4 is 70.8 Å². The summed E-state index contributed by atoms with van der Waals surface area (Å²) in [7, 11) is 0. The number of hydrogen-bond acceptors (Lipinski definition) is 1. The number of rotatable bonds is 2. The zero-order valence-corrected chi connectivity index (χ0v) is 20.0. The van der Waals surface area contributed by atoms with Gasteiger partial charge in [-0.2, -0.15) is 0 Å². The Balaban J connectivity index is 1.64. The van der Waals surface area contributed by atoms with E-state index in [0.717, 1.165) is 4.47 Å². The van der Waals surface area contributed by atoms with Gasteiger partial charge in [-0.15, -0.1) is 0 Å². The van der Waals surface area contributed by atoms with Crippen LogP contribution in [0.15, 0.2) is 102 Å². The lowest BCUT2D eigenvalue weighted by atomic mass is 9.96. The zero-order valence-electron chi connectivity index (χ0n) is 17.5. The molecule has 7 rings (SSSR count). The lowest BCUT2D eigenvalue weighted by molar-refractivity contribution is 1.19. The summed E-state index contributed by atoms with van der Waals surface area (Å²) in [4.78, 5) is 1.20. The second-order valence-electron chi connectivity index (χ2n) is 8.27. The Hall–Kier alpha value is -3.49. The van der Waals surface area contributed by atoms with E-state index >= 15 is 0 Å². The molecule has 4 aromatic carbocycles. The molecular weight excluding hydrogens is 486 g/mol. The summed E-state index contributed by atoms with van der Waals surface area (Å²) < 4.78 is 4.80. The first kappa shape index (κ1) is 19.0. The van der Waals surface area contributed by atoms with Crippen LogP contribution in [0.2, 0.25) is 0 Å². The molecule has 0 spiro atoms. The van der Waals surface area contributed by atoms with Gasteiger partial charge in [0.2, 0.25) is 4.88 Å². The molecule has 2 aromatic heterocycles. The van der Waals surface area contributed by atoms with Crippen molar-refractivity contribution in [3.8, 4) is 5.69 Å². The lowest BCUT2D eigenvalue weighted by Crippen LogP contribution is -1.94. The van der Waals surface area contributed by atoms with Gasteiger partial charge in [0, 0.05) is 26.5 Å². The first-order valence-electron chi connectivity index (χ1n) is 10.9. The van der Waals surface area contributed by atoms with Crippen LogP contribution in [-0.4, -0.2) is 4.57 Å². The highest BCUT2D eigenvalue weighted by Crippen LogP contribution is 2.44. The zero-order chi connectivity index (χ0) is 21.9. The fraction of sp³-hybridized carbons (Fsp3) is 0. The van der Waals surface area contributed by atoms with Crippen LogP contribution in [0.4, 0.5) is 0 Å². The van der Waals surface area contributed by atoms with E-state index in [-0.39, 0.29) is 0 Å². The molecule has 0 aliphatic heterocycles. The number of hydrogen-bond donors (Lipinski definition) is 0. The summed E-state index contributed by atoms with van der Waals surface area (Å²) in [6.45, 7) is 0. The number of benzene rings is 4. The van der Waals surface area contributed by atoms with Gasteiger partial charge in [0.05, 0.1) is 38.8 Å². The van der Waals surface area contributed by atoms with Crippen LogP contribution in [0.3, 0.4) is 0 Å². The Morgan fingerprint density at radius 1 is 0.788 bits per heavy atom. The van der Waals surface area contributed by atoms with E-state index in [1.807, 2.05) is 11.3 Å². The quantitative estimate of drug-likeness (QED) is 0.208. The minimum Gasteiger partial charge on any atom is -0.307 e. The van der Waals surface area contributed by atoms with Gasteiger partial charge in [-0.3, -0.25) is 0 Å². The van der Waals surface area contributed by atoms with Crippen molar-refractivity contribution in [1.29, 1.82) is 0 Å². The maximum absolute atomic E-state index is 3.69. The average Bonchev–Trinajstić information content (AvgIpc) is 3.39. The molecule has 1 aliphatic carbocycles. The molecule has 0 saturated carbocycles. The molecule has 154 valence electrons. The van der Waals surface area contributed by atoms with E-state index in [9.17, 15) is 0 Å². The Morgan fingerprint density at radius 2 is 1.58 bits per heavy atom. The fourth-order valence-corrected chi connectivity index (χ4v) is 6.33. The Morgan fingerprint density at radius 3 is 2.39 bits per heavy atom. The van der Waals surface area contributed by atoms with Crippen molar-refractivity contribution < 1.29 is 0 Å². The number of aromatic nitrogens is 1. The summed E-state index contributed by atoms with van der Waals surface area (Å²) in [6, 6.07) is 32.4. The van der Waals surface area contributed by atoms with Gasteiger partial charge < -0.3 is 4.57 Å². The predicted octanol–water partition coefficient (Wildman–Crippen LogP) is 9.02. The molecule has 0 amide bonds. The number of allylic oxidation sites excluding steroid dienone is 2. The highest BCUT2D eigenvalue weighted by Gasteiger charge is 2.27. The molecule has 0 saturated heterocycles. The van der Waals surface area contributed by atoms with Crippen molar-refractivity contribution in [1.82, 2.24) is 4.57 Å². The molecule has 6 aromatic rings. The molecule has 33 heavy (non-hydrogen) atoms. The van der Waals surface area contributed by atoms with Crippen LogP contribution in [0, 0.1) is 6.08 Å². The molecule has 0 unspecified atom stereocenters. The monoisotopic (exact) mass is 502 g/mol. The van der Waals surface area contributed by atoms with Gasteiger partial charge in [0.15, 0.2) is 0 Å². The maximum Gasteiger partial charge on any atom is 0.200 e. The van der Waals surface area contributed by atoms with Crippen molar-refractivity contribution in [3.05, 3.63) is 124 Å². The summed E-state index contributed by atoms with van der Waals surface area (Å²) in [5.74, 6) is 0. The molecule has 0 fully saturated rings. The maximum atomic E-state index is 3.69. The van der Waals surface area contributed by atoms with E-state index in [1.165, 1.54) is 59.2 Å². The molecule has 0 N–H and O–H groups in total. The summed E-state index contributed by atoms with van der Waals surface area (Å²) in [5, 5.41) is 3.83. The predicted molar refractivity (Wildman–Crippen MR) is 145 cm³/mol. The second kappa shape index (κ2) is 7.26. The van der Waals surface area contributed by atoms with Crippen LogP contribution < -0.4 is 0 Å². The van der Waals surface area contributed by atoms with Gasteiger partial charge in [0.25, 0.3) is 0 Å². The third kappa shape index (κ3) is 2.87. The van der Waals surface area contributed by atoms with E-state index in [0.29, 0.717) is 0 Å². The third-order valence-corrected chi connectivity index (χ3v) is 7.95. The van der Waals surface area contributed by atoms with E-state index in [1.54, 1.807) is 0 Å². The second-order valence-corrected chi connectivity index (χ2v) is 10.2. The van der Waals surface area contributed by atoms with Gasteiger partial charge >= 0.3 is 0 Å². The largest absolute Gasteiger partial charge is 0.307 e. The number of nitrogens with zero attached hydrogens (tertiary/aromatic N) is 1. The highest BCUT2D eigenvalue weighted by atomic mass is 79.9. The molecule has 0 atom stereocenters. The van der Waals surface area contributed by atoms with E-state index in [4.69, 9.17) is 0 Å². The first-order valence-corrected chi connectivity index (χ1v) is 12.5. The van der Waals surface area contributed by atoms with Crippen LogP contribution in [-0.2, 0) is 0 Å². The lowest BCUT2D eigenvalue weighted by Gasteiger charge is -2.08. The van der Waals surface area contributed by atoms with Crippen LogP contribution in [0.1, 0.15) is 16.0 Å². The molecule has 1 aliphatic rings. The third-order valence-electron chi connectivity index (χ3n) is 6.36. The van der Waals surface area contributed by atoms with E-state index in [2.05, 4.69) is 130 Å². The molecule has 3 heteroatoms. The average molecular weight is 503 g/mol. The Kier molecular flexibility index (Phi) is 4.19. The molecular formula is C30H17BrNS+. The number of thiophene rings is 1. The van der Waals surface area contributed by atoms with Crippen molar-refractivity contribution in [2.24, 2.45) is 0 Å². The summed E-state index contributed by atoms with van der Waals surface area (Å²) in [5.41, 5.74) is 7.33. The normalized spacial score (nSPS) is 12.8. The summed E-state index contributed by atoms with van der Waals surface area (Å²) >= 11 is 5.51. The SMILES string of the molecule is Brc1ccc2c(c1)c1ccc3sc4c(c3c1n2-c1ccccc1)C=C(c1ccccc1)C=[C+]4. The van der Waals surface area contributed by atoms with E-state index < -0.39 is 0 Å². The topological polar surface area (TPSA) is 4.93 Å². The smallest absolute Gasteiger partial charge is 0.200 e. The van der Waals surface area contributed by atoms with Crippen LogP contribution >= 0.6 is 27.3 Å². The molecule has 0 bridgehead atoms. The standard InChI is InChI=1S/C30H17BrNS/c31-21-12-14-26-24(18-21)23-13-16-28-29(30(23)32(26)22-9-5-2-6-10-22)25-17-20(11-15-27(25)33-28)19-7-3-1-4-8-19/h1-14,16-18H/q+1. The van der Waals surface area contributed by atoms with Crippen molar-refractivity contribution in [3.63, 3.8) is 0 Å². The van der Waals surface area contributed by atoms with Crippen LogP contribution in [0.25, 0.3) is 49.2 Å². The van der Waals surface area contributed by atoms with Gasteiger partial charge in [-0.1, -0.05) is 69.7 Å². The number of para-hydroxylation sites is 1. The number of fused-ring (bicyclic) bond motifs is 7. The highest BCUT2D eigenvalue weighted by molar-refractivity contribution is 9.10. The fourth-order valence-electron chi connectivity index (χ4n) is 4.91. The first-order chi connectivity index (χ1) is 16.3. The molecule has 0 radical (unpaired) electrons. The van der Waals surface area contributed by atoms with Gasteiger partial charge in [0.1, 0.15) is 11.6 Å². The van der Waals surface area contributed by atoms with Crippen LogP contribution in [0.5, 0.6) is 0 Å². The van der Waals surface area contributed by atoms with Crippen molar-refractivity contribution in [2.75, 3.05) is 0 Å². The minimum absolute atomic E-state index is 1.09. The molecule has 2 heterocycles.